The normalized spacial score (nSPS) is 11.8. The number of pyridine rings is 2. The van der Waals surface area contributed by atoms with Crippen LogP contribution in [0.5, 0.6) is 0 Å². The number of aromatic nitrogens is 2. The van der Waals surface area contributed by atoms with E-state index in [9.17, 15) is 4.79 Å². The van der Waals surface area contributed by atoms with E-state index in [0.717, 1.165) is 49.0 Å². The van der Waals surface area contributed by atoms with Gasteiger partial charge in [-0.25, -0.2) is 9.97 Å². The molecule has 5 rings (SSSR count). The largest absolute Gasteiger partial charge is 0.367 e. The minimum Gasteiger partial charge on any atom is -0.367 e. The van der Waals surface area contributed by atoms with Crippen LogP contribution in [-0.2, 0) is 9.53 Å². The van der Waals surface area contributed by atoms with Crippen molar-refractivity contribution in [2.45, 2.75) is 29.7 Å². The van der Waals surface area contributed by atoms with E-state index in [1.165, 1.54) is 7.11 Å². The summed E-state index contributed by atoms with van der Waals surface area (Å²) in [6.07, 6.45) is 1.10. The topological polar surface area (TPSA) is 76.1 Å². The first-order valence-electron chi connectivity index (χ1n) is 12.3. The van der Waals surface area contributed by atoms with Crippen LogP contribution in [0.4, 0.5) is 17.1 Å². The maximum absolute atomic E-state index is 12.8. The number of hydrogen-bond donors (Lipinski definition) is 2. The van der Waals surface area contributed by atoms with Crippen LogP contribution in [0.3, 0.4) is 0 Å². The Bertz CT molecular complexity index is 1570. The lowest BCUT2D eigenvalue weighted by molar-refractivity contribution is -0.126. The molecular formula is C31H28N4O2S. The maximum Gasteiger partial charge on any atom is 0.258 e. The minimum absolute atomic E-state index is 0.210. The molecule has 3 aromatic carbocycles. The van der Waals surface area contributed by atoms with Gasteiger partial charge in [-0.2, -0.15) is 0 Å². The molecule has 190 valence electrons. The summed E-state index contributed by atoms with van der Waals surface area (Å²) in [6.45, 7) is 4.04. The van der Waals surface area contributed by atoms with Gasteiger partial charge >= 0.3 is 0 Å². The van der Waals surface area contributed by atoms with E-state index in [1.807, 2.05) is 73.7 Å². The Kier molecular flexibility index (Phi) is 7.67. The van der Waals surface area contributed by atoms with Crippen molar-refractivity contribution in [3.8, 4) is 0 Å². The van der Waals surface area contributed by atoms with Crippen LogP contribution in [0, 0.1) is 13.8 Å². The number of anilines is 3. The number of ether oxygens (including phenoxy) is 1. The van der Waals surface area contributed by atoms with Crippen LogP contribution in [0.25, 0.3) is 11.0 Å². The van der Waals surface area contributed by atoms with Crippen molar-refractivity contribution in [3.63, 3.8) is 0 Å². The lowest BCUT2D eigenvalue weighted by Gasteiger charge is -2.16. The van der Waals surface area contributed by atoms with Crippen molar-refractivity contribution in [2.75, 3.05) is 17.7 Å². The van der Waals surface area contributed by atoms with Crippen LogP contribution in [0.15, 0.2) is 107 Å². The molecular weight excluding hydrogens is 492 g/mol. The highest BCUT2D eigenvalue weighted by Crippen LogP contribution is 2.37. The number of fused-ring (bicyclic) bond motifs is 1. The van der Waals surface area contributed by atoms with Crippen molar-refractivity contribution >= 4 is 45.8 Å². The van der Waals surface area contributed by atoms with Gasteiger partial charge in [0, 0.05) is 39.9 Å². The van der Waals surface area contributed by atoms with Gasteiger partial charge in [-0.05, 0) is 79.6 Å². The smallest absolute Gasteiger partial charge is 0.258 e. The predicted octanol–water partition coefficient (Wildman–Crippen LogP) is 7.47. The minimum atomic E-state index is -0.671. The Hall–Kier alpha value is -4.20. The Morgan fingerprint density at radius 2 is 1.68 bits per heavy atom. The summed E-state index contributed by atoms with van der Waals surface area (Å²) in [5, 5.41) is 7.53. The SMILES string of the molecule is COC(C(=O)Nc1ccc(Sc2ccc(C)cc2Nc2ccnc3nc(C)ccc23)cc1)c1ccccc1. The second-order valence-corrected chi connectivity index (χ2v) is 10.1. The molecule has 5 aromatic rings. The number of rotatable bonds is 8. The number of nitrogens with one attached hydrogen (secondary N) is 2. The molecule has 2 aromatic heterocycles. The van der Waals surface area contributed by atoms with Crippen molar-refractivity contribution in [3.05, 3.63) is 114 Å². The molecule has 0 saturated carbocycles. The first kappa shape index (κ1) is 25.4. The molecule has 0 spiro atoms. The summed E-state index contributed by atoms with van der Waals surface area (Å²) < 4.78 is 5.45. The summed E-state index contributed by atoms with van der Waals surface area (Å²) in [5.41, 5.74) is 6.31. The predicted molar refractivity (Wildman–Crippen MR) is 154 cm³/mol. The zero-order valence-corrected chi connectivity index (χ0v) is 22.3. The van der Waals surface area contributed by atoms with E-state index in [4.69, 9.17) is 4.74 Å². The number of hydrogen-bond acceptors (Lipinski definition) is 6. The Morgan fingerprint density at radius 1 is 0.895 bits per heavy atom. The highest BCUT2D eigenvalue weighted by Gasteiger charge is 2.20. The summed E-state index contributed by atoms with van der Waals surface area (Å²) in [6, 6.07) is 29.7. The third-order valence-electron chi connectivity index (χ3n) is 6.07. The van der Waals surface area contributed by atoms with Crippen LogP contribution < -0.4 is 10.6 Å². The van der Waals surface area contributed by atoms with Crippen LogP contribution in [0.1, 0.15) is 22.9 Å². The van der Waals surface area contributed by atoms with E-state index >= 15 is 0 Å². The van der Waals surface area contributed by atoms with E-state index in [0.29, 0.717) is 5.69 Å². The molecule has 1 atom stereocenters. The summed E-state index contributed by atoms with van der Waals surface area (Å²) in [4.78, 5) is 23.9. The summed E-state index contributed by atoms with van der Waals surface area (Å²) >= 11 is 1.65. The molecule has 0 bridgehead atoms. The van der Waals surface area contributed by atoms with Crippen molar-refractivity contribution < 1.29 is 9.53 Å². The molecule has 38 heavy (non-hydrogen) atoms. The fourth-order valence-electron chi connectivity index (χ4n) is 4.17. The number of carbonyl (C=O) groups excluding carboxylic acids is 1. The number of aryl methyl sites for hydroxylation is 2. The van der Waals surface area contributed by atoms with Gasteiger partial charge < -0.3 is 15.4 Å². The monoisotopic (exact) mass is 520 g/mol. The van der Waals surface area contributed by atoms with Crippen molar-refractivity contribution in [1.82, 2.24) is 9.97 Å². The van der Waals surface area contributed by atoms with Gasteiger partial charge in [-0.1, -0.05) is 48.2 Å². The molecule has 0 radical (unpaired) electrons. The third kappa shape index (κ3) is 5.85. The van der Waals surface area contributed by atoms with Gasteiger partial charge in [-0.3, -0.25) is 4.79 Å². The average molecular weight is 521 g/mol. The molecule has 1 unspecified atom stereocenters. The van der Waals surface area contributed by atoms with Crippen LogP contribution in [-0.4, -0.2) is 23.0 Å². The molecule has 1 amide bonds. The molecule has 2 heterocycles. The Morgan fingerprint density at radius 3 is 2.45 bits per heavy atom. The third-order valence-corrected chi connectivity index (χ3v) is 7.16. The fraction of sp³-hybridized carbons (Fsp3) is 0.129. The summed E-state index contributed by atoms with van der Waals surface area (Å²) in [7, 11) is 1.54. The number of carbonyl (C=O) groups is 1. The van der Waals surface area contributed by atoms with Gasteiger partial charge in [0.25, 0.3) is 5.91 Å². The molecule has 6 nitrogen and oxygen atoms in total. The zero-order valence-electron chi connectivity index (χ0n) is 21.4. The van der Waals surface area contributed by atoms with Crippen molar-refractivity contribution in [1.29, 1.82) is 0 Å². The van der Waals surface area contributed by atoms with Gasteiger partial charge in [0.05, 0.1) is 11.4 Å². The van der Waals surface area contributed by atoms with Gasteiger partial charge in [0.15, 0.2) is 11.8 Å². The molecule has 0 aliphatic heterocycles. The molecule has 0 saturated heterocycles. The number of benzene rings is 3. The van der Waals surface area contributed by atoms with Crippen LogP contribution in [0.2, 0.25) is 0 Å². The quantitative estimate of drug-likeness (QED) is 0.221. The van der Waals surface area contributed by atoms with E-state index < -0.39 is 6.10 Å². The van der Waals surface area contributed by atoms with Gasteiger partial charge in [-0.15, -0.1) is 0 Å². The summed E-state index contributed by atoms with van der Waals surface area (Å²) in [5.74, 6) is -0.210. The Balaban J connectivity index is 1.33. The van der Waals surface area contributed by atoms with Gasteiger partial charge in [0.1, 0.15) is 0 Å². The van der Waals surface area contributed by atoms with E-state index in [1.54, 1.807) is 18.0 Å². The Labute approximate surface area is 226 Å². The lowest BCUT2D eigenvalue weighted by Crippen LogP contribution is -2.22. The van der Waals surface area contributed by atoms with Gasteiger partial charge in [0.2, 0.25) is 0 Å². The van der Waals surface area contributed by atoms with E-state index in [-0.39, 0.29) is 5.91 Å². The van der Waals surface area contributed by atoms with Crippen molar-refractivity contribution in [2.24, 2.45) is 0 Å². The lowest BCUT2D eigenvalue weighted by atomic mass is 10.1. The molecule has 0 aliphatic carbocycles. The highest BCUT2D eigenvalue weighted by molar-refractivity contribution is 7.99. The zero-order chi connectivity index (χ0) is 26.5. The number of nitrogens with zero attached hydrogens (tertiary/aromatic N) is 2. The average Bonchev–Trinajstić information content (AvgIpc) is 2.92. The number of amides is 1. The van der Waals surface area contributed by atoms with E-state index in [2.05, 4.69) is 51.8 Å². The fourth-order valence-corrected chi connectivity index (χ4v) is 5.05. The molecule has 0 fully saturated rings. The maximum atomic E-state index is 12.8. The standard InChI is InChI=1S/C31H28N4O2S/c1-20-9-16-28(27(19-20)35-26-17-18-32-30-25(26)15-10-21(2)33-30)38-24-13-11-23(12-14-24)34-31(36)29(37-3)22-7-5-4-6-8-22/h4-19,29H,1-3H3,(H,34,36)(H,32,33,35). The first-order chi connectivity index (χ1) is 18.5. The number of methoxy groups -OCH3 is 1. The second-order valence-electron chi connectivity index (χ2n) is 8.95. The first-order valence-corrected chi connectivity index (χ1v) is 13.1. The highest BCUT2D eigenvalue weighted by atomic mass is 32.2. The molecule has 2 N–H and O–H groups in total. The second kappa shape index (κ2) is 11.5. The van der Waals surface area contributed by atoms with Crippen LogP contribution >= 0.6 is 11.8 Å². The molecule has 0 aliphatic rings. The molecule has 7 heteroatoms.